The summed E-state index contributed by atoms with van der Waals surface area (Å²) in [5.41, 5.74) is 2.61. The molecule has 3 rings (SSSR count). The number of aryl methyl sites for hydroxylation is 2. The maximum atomic E-state index is 12.6. The van der Waals surface area contributed by atoms with Crippen LogP contribution in [-0.4, -0.2) is 41.9 Å². The van der Waals surface area contributed by atoms with Crippen molar-refractivity contribution in [3.8, 4) is 0 Å². The number of aliphatic hydroxyl groups excluding tert-OH is 1. The van der Waals surface area contributed by atoms with E-state index in [0.717, 1.165) is 28.5 Å². The second-order valence-electron chi connectivity index (χ2n) is 6.28. The van der Waals surface area contributed by atoms with Gasteiger partial charge in [-0.05, 0) is 26.0 Å². The molecule has 25 heavy (non-hydrogen) atoms. The number of nitrogens with one attached hydrogen (secondary N) is 2. The lowest BCUT2D eigenvalue weighted by Gasteiger charge is -2.15. The van der Waals surface area contributed by atoms with E-state index in [2.05, 4.69) is 15.8 Å². The van der Waals surface area contributed by atoms with Gasteiger partial charge in [-0.25, -0.2) is 0 Å². The van der Waals surface area contributed by atoms with Gasteiger partial charge in [0.1, 0.15) is 5.76 Å². The molecule has 1 aliphatic heterocycles. The maximum absolute atomic E-state index is 12.6. The lowest BCUT2D eigenvalue weighted by molar-refractivity contribution is 0.0924. The van der Waals surface area contributed by atoms with Crippen molar-refractivity contribution in [1.82, 2.24) is 15.8 Å². The number of aliphatic hydroxyl groups is 1. The Balaban J connectivity index is 1.64. The molecule has 0 spiro atoms. The first-order valence-corrected chi connectivity index (χ1v) is 9.35. The highest BCUT2D eigenvalue weighted by Gasteiger charge is 2.25. The number of β-amino-alcohol motifs (C(OH)–C–C–N with tert-alkyl or cyclic N) is 1. The third-order valence-corrected chi connectivity index (χ3v) is 5.61. The van der Waals surface area contributed by atoms with Gasteiger partial charge in [0.15, 0.2) is 0 Å². The number of hydrogen-bond acceptors (Lipinski definition) is 6. The zero-order valence-corrected chi connectivity index (χ0v) is 15.2. The molecule has 2 heterocycles. The summed E-state index contributed by atoms with van der Waals surface area (Å²) in [7, 11) is 0. The average Bonchev–Trinajstić information content (AvgIpc) is 3.16. The van der Waals surface area contributed by atoms with Crippen molar-refractivity contribution in [3.05, 3.63) is 46.8 Å². The lowest BCUT2D eigenvalue weighted by atomic mass is 10.1. The number of carbonyl (C=O) groups is 1. The van der Waals surface area contributed by atoms with Crippen LogP contribution in [0, 0.1) is 19.8 Å². The molecule has 134 valence electrons. The molecule has 1 aromatic carbocycles. The third-order valence-electron chi connectivity index (χ3n) is 4.51. The fourth-order valence-corrected chi connectivity index (χ4v) is 4.09. The molecule has 0 aliphatic carbocycles. The second kappa shape index (κ2) is 8.03. The molecule has 1 saturated heterocycles. The van der Waals surface area contributed by atoms with Gasteiger partial charge in [0.05, 0.1) is 17.4 Å². The highest BCUT2D eigenvalue weighted by molar-refractivity contribution is 7.98. The molecule has 0 bridgehead atoms. The first kappa shape index (κ1) is 18.0. The van der Waals surface area contributed by atoms with Crippen LogP contribution in [0.1, 0.15) is 27.4 Å². The van der Waals surface area contributed by atoms with Crippen LogP contribution < -0.4 is 10.6 Å². The van der Waals surface area contributed by atoms with Crippen LogP contribution in [0.2, 0.25) is 0 Å². The van der Waals surface area contributed by atoms with Gasteiger partial charge in [0, 0.05) is 41.8 Å². The van der Waals surface area contributed by atoms with Gasteiger partial charge >= 0.3 is 0 Å². The van der Waals surface area contributed by atoms with Gasteiger partial charge in [0.25, 0.3) is 5.91 Å². The van der Waals surface area contributed by atoms with Crippen molar-refractivity contribution in [2.75, 3.05) is 19.6 Å². The third kappa shape index (κ3) is 4.23. The van der Waals surface area contributed by atoms with Crippen LogP contribution in [0.5, 0.6) is 0 Å². The van der Waals surface area contributed by atoms with Crippen LogP contribution in [0.15, 0.2) is 33.7 Å². The molecule has 2 aromatic rings. The number of thioether (sulfide) groups is 1. The Morgan fingerprint density at radius 2 is 2.20 bits per heavy atom. The second-order valence-corrected chi connectivity index (χ2v) is 7.30. The molecular formula is C18H23N3O3S. The van der Waals surface area contributed by atoms with Crippen molar-refractivity contribution >= 4 is 17.7 Å². The van der Waals surface area contributed by atoms with E-state index in [1.54, 1.807) is 11.8 Å². The average molecular weight is 361 g/mol. The molecule has 1 amide bonds. The molecule has 1 aliphatic rings. The molecule has 2 atom stereocenters. The Morgan fingerprint density at radius 1 is 1.40 bits per heavy atom. The zero-order chi connectivity index (χ0) is 17.8. The topological polar surface area (TPSA) is 87.4 Å². The predicted molar refractivity (Wildman–Crippen MR) is 96.7 cm³/mol. The summed E-state index contributed by atoms with van der Waals surface area (Å²) in [6, 6.07) is 7.57. The van der Waals surface area contributed by atoms with E-state index in [4.69, 9.17) is 4.52 Å². The Kier molecular flexibility index (Phi) is 5.78. The number of carbonyl (C=O) groups excluding carboxylic acids is 1. The predicted octanol–water partition coefficient (Wildman–Crippen LogP) is 1.89. The van der Waals surface area contributed by atoms with Crippen molar-refractivity contribution in [2.45, 2.75) is 30.6 Å². The molecule has 0 radical (unpaired) electrons. The van der Waals surface area contributed by atoms with Crippen LogP contribution in [-0.2, 0) is 5.75 Å². The first-order chi connectivity index (χ1) is 12.1. The van der Waals surface area contributed by atoms with Gasteiger partial charge < -0.3 is 20.3 Å². The van der Waals surface area contributed by atoms with Crippen LogP contribution >= 0.6 is 11.8 Å². The smallest absolute Gasteiger partial charge is 0.252 e. The fourth-order valence-electron chi connectivity index (χ4n) is 2.88. The van der Waals surface area contributed by atoms with Crippen molar-refractivity contribution in [3.63, 3.8) is 0 Å². The summed E-state index contributed by atoms with van der Waals surface area (Å²) in [4.78, 5) is 13.5. The van der Waals surface area contributed by atoms with E-state index in [1.807, 2.05) is 38.1 Å². The Morgan fingerprint density at radius 3 is 2.88 bits per heavy atom. The Bertz CT molecular complexity index is 727. The highest BCUT2D eigenvalue weighted by atomic mass is 32.2. The van der Waals surface area contributed by atoms with Gasteiger partial charge in [-0.2, -0.15) is 0 Å². The van der Waals surface area contributed by atoms with Gasteiger partial charge in [0.2, 0.25) is 0 Å². The number of amides is 1. The number of aromatic nitrogens is 1. The van der Waals surface area contributed by atoms with Gasteiger partial charge in [-0.15, -0.1) is 11.8 Å². The molecule has 1 aromatic heterocycles. The van der Waals surface area contributed by atoms with Crippen molar-refractivity contribution in [1.29, 1.82) is 0 Å². The van der Waals surface area contributed by atoms with Crippen LogP contribution in [0.3, 0.4) is 0 Å². The molecule has 7 heteroatoms. The molecule has 3 N–H and O–H groups in total. The molecule has 6 nitrogen and oxygen atoms in total. The van der Waals surface area contributed by atoms with E-state index in [0.29, 0.717) is 24.4 Å². The minimum absolute atomic E-state index is 0.0612. The fraction of sp³-hybridized carbons (Fsp3) is 0.444. The zero-order valence-electron chi connectivity index (χ0n) is 14.4. The molecule has 0 saturated carbocycles. The first-order valence-electron chi connectivity index (χ1n) is 8.37. The maximum Gasteiger partial charge on any atom is 0.252 e. The minimum Gasteiger partial charge on any atom is -0.391 e. The standard InChI is InChI=1S/C18H23N3O3S/c1-11-15(12(2)24-21-11)10-25-17-6-4-3-5-14(17)18(23)20-8-13-7-19-9-16(13)22/h3-6,13,16,19,22H,7-10H2,1-2H3,(H,20,23). The summed E-state index contributed by atoms with van der Waals surface area (Å²) in [6.07, 6.45) is -0.399. The molecule has 1 fully saturated rings. The molecular weight excluding hydrogens is 338 g/mol. The Hall–Kier alpha value is -1.83. The van der Waals surface area contributed by atoms with E-state index < -0.39 is 6.10 Å². The number of benzene rings is 1. The summed E-state index contributed by atoms with van der Waals surface area (Å²) >= 11 is 1.60. The quantitative estimate of drug-likeness (QED) is 0.681. The monoisotopic (exact) mass is 361 g/mol. The van der Waals surface area contributed by atoms with E-state index >= 15 is 0 Å². The summed E-state index contributed by atoms with van der Waals surface area (Å²) in [5.74, 6) is 1.47. The van der Waals surface area contributed by atoms with E-state index in [9.17, 15) is 9.90 Å². The van der Waals surface area contributed by atoms with Crippen LogP contribution in [0.25, 0.3) is 0 Å². The highest BCUT2D eigenvalue weighted by Crippen LogP contribution is 2.28. The summed E-state index contributed by atoms with van der Waals surface area (Å²) in [6.45, 7) is 5.60. The van der Waals surface area contributed by atoms with E-state index in [-0.39, 0.29) is 11.8 Å². The lowest BCUT2D eigenvalue weighted by Crippen LogP contribution is -2.34. The van der Waals surface area contributed by atoms with Gasteiger partial charge in [-0.1, -0.05) is 17.3 Å². The Labute approximate surface area is 151 Å². The number of nitrogens with zero attached hydrogens (tertiary/aromatic N) is 1. The largest absolute Gasteiger partial charge is 0.391 e. The SMILES string of the molecule is Cc1noc(C)c1CSc1ccccc1C(=O)NCC1CNCC1O. The van der Waals surface area contributed by atoms with Crippen LogP contribution in [0.4, 0.5) is 0 Å². The molecule has 2 unspecified atom stereocenters. The number of hydrogen-bond donors (Lipinski definition) is 3. The number of rotatable bonds is 6. The van der Waals surface area contributed by atoms with Gasteiger partial charge in [-0.3, -0.25) is 4.79 Å². The van der Waals surface area contributed by atoms with Crippen molar-refractivity contribution in [2.24, 2.45) is 5.92 Å². The normalized spacial score (nSPS) is 20.0. The van der Waals surface area contributed by atoms with Crippen molar-refractivity contribution < 1.29 is 14.4 Å². The summed E-state index contributed by atoms with van der Waals surface area (Å²) in [5, 5.41) is 19.9. The summed E-state index contributed by atoms with van der Waals surface area (Å²) < 4.78 is 5.19. The van der Waals surface area contributed by atoms with E-state index in [1.165, 1.54) is 0 Å². The minimum atomic E-state index is -0.399.